The van der Waals surface area contributed by atoms with Gasteiger partial charge in [-0.25, -0.2) is 9.07 Å². The lowest BCUT2D eigenvalue weighted by molar-refractivity contribution is 0.579. The summed E-state index contributed by atoms with van der Waals surface area (Å²) in [5.41, 5.74) is 6.89. The van der Waals surface area contributed by atoms with Gasteiger partial charge < -0.3 is 10.2 Å². The van der Waals surface area contributed by atoms with E-state index in [1.54, 1.807) is 24.3 Å². The average molecular weight is 268 g/mol. The molecule has 20 heavy (non-hydrogen) atoms. The minimum Gasteiger partial charge on any atom is -0.463 e. The zero-order valence-corrected chi connectivity index (χ0v) is 10.2. The van der Waals surface area contributed by atoms with Crippen LogP contribution < -0.4 is 5.73 Å². The molecule has 0 aliphatic heterocycles. The van der Waals surface area contributed by atoms with Crippen molar-refractivity contribution < 1.29 is 8.81 Å². The monoisotopic (exact) mass is 268 g/mol. The second-order valence-corrected chi connectivity index (χ2v) is 4.09. The van der Waals surface area contributed by atoms with Crippen molar-refractivity contribution in [2.45, 2.75) is 0 Å². The Balaban J connectivity index is 2.22. The van der Waals surface area contributed by atoms with Crippen molar-refractivity contribution in [1.29, 1.82) is 5.26 Å². The Morgan fingerprint density at radius 2 is 2.15 bits per heavy atom. The molecule has 0 saturated carbocycles. The molecule has 5 nitrogen and oxygen atoms in total. The SMILES string of the molecule is N#Cc1c(-c2ccco2)nn(-c2cccc(F)c2)c1N. The molecular weight excluding hydrogens is 259 g/mol. The van der Waals surface area contributed by atoms with Gasteiger partial charge in [0.25, 0.3) is 0 Å². The lowest BCUT2D eigenvalue weighted by Crippen LogP contribution is -2.02. The molecule has 0 spiro atoms. The first-order valence-corrected chi connectivity index (χ1v) is 5.79. The molecule has 0 atom stereocenters. The van der Waals surface area contributed by atoms with Crippen molar-refractivity contribution in [2.24, 2.45) is 0 Å². The van der Waals surface area contributed by atoms with Crippen molar-refractivity contribution in [3.05, 3.63) is 54.0 Å². The van der Waals surface area contributed by atoms with Crippen molar-refractivity contribution in [2.75, 3.05) is 5.73 Å². The molecule has 2 N–H and O–H groups in total. The number of nitrogens with two attached hydrogens (primary N) is 1. The highest BCUT2D eigenvalue weighted by Crippen LogP contribution is 2.28. The third kappa shape index (κ3) is 1.82. The Morgan fingerprint density at radius 3 is 2.80 bits per heavy atom. The maximum Gasteiger partial charge on any atom is 0.155 e. The molecule has 3 aromatic rings. The van der Waals surface area contributed by atoms with Gasteiger partial charge in [0, 0.05) is 0 Å². The summed E-state index contributed by atoms with van der Waals surface area (Å²) in [6.07, 6.45) is 1.48. The molecule has 0 saturated heterocycles. The van der Waals surface area contributed by atoms with Gasteiger partial charge in [-0.05, 0) is 30.3 Å². The molecule has 0 bridgehead atoms. The van der Waals surface area contributed by atoms with Crippen LogP contribution in [-0.4, -0.2) is 9.78 Å². The van der Waals surface area contributed by atoms with E-state index < -0.39 is 5.82 Å². The van der Waals surface area contributed by atoms with Gasteiger partial charge in [-0.1, -0.05) is 6.07 Å². The van der Waals surface area contributed by atoms with Crippen LogP contribution in [0.15, 0.2) is 47.1 Å². The molecular formula is C14H9FN4O. The first-order valence-electron chi connectivity index (χ1n) is 5.79. The predicted molar refractivity (Wildman–Crippen MR) is 70.4 cm³/mol. The fourth-order valence-electron chi connectivity index (χ4n) is 1.93. The van der Waals surface area contributed by atoms with E-state index in [9.17, 15) is 9.65 Å². The minimum absolute atomic E-state index is 0.143. The van der Waals surface area contributed by atoms with Gasteiger partial charge in [0.15, 0.2) is 5.76 Å². The van der Waals surface area contributed by atoms with Gasteiger partial charge in [-0.3, -0.25) is 0 Å². The topological polar surface area (TPSA) is 80.8 Å². The van der Waals surface area contributed by atoms with Gasteiger partial charge >= 0.3 is 0 Å². The maximum absolute atomic E-state index is 13.3. The highest BCUT2D eigenvalue weighted by Gasteiger charge is 2.19. The Kier molecular flexibility index (Phi) is 2.73. The van der Waals surface area contributed by atoms with Crippen molar-refractivity contribution in [3.8, 4) is 23.2 Å². The fourth-order valence-corrected chi connectivity index (χ4v) is 1.93. The van der Waals surface area contributed by atoms with E-state index in [1.165, 1.54) is 23.1 Å². The van der Waals surface area contributed by atoms with Gasteiger partial charge in [0.2, 0.25) is 0 Å². The van der Waals surface area contributed by atoms with E-state index in [2.05, 4.69) is 5.10 Å². The van der Waals surface area contributed by atoms with Crippen LogP contribution in [0.4, 0.5) is 10.2 Å². The highest BCUT2D eigenvalue weighted by molar-refractivity contribution is 5.70. The molecule has 98 valence electrons. The minimum atomic E-state index is -0.407. The van der Waals surface area contributed by atoms with Crippen LogP contribution in [0.1, 0.15) is 5.56 Å². The summed E-state index contributed by atoms with van der Waals surface area (Å²) < 4.78 is 19.8. The summed E-state index contributed by atoms with van der Waals surface area (Å²) in [6.45, 7) is 0. The number of anilines is 1. The zero-order chi connectivity index (χ0) is 14.1. The molecule has 3 rings (SSSR count). The van der Waals surface area contributed by atoms with Crippen LogP contribution in [0.3, 0.4) is 0 Å². The molecule has 1 aromatic carbocycles. The van der Waals surface area contributed by atoms with Gasteiger partial charge in [0.05, 0.1) is 12.0 Å². The van der Waals surface area contributed by atoms with Crippen molar-refractivity contribution in [3.63, 3.8) is 0 Å². The maximum atomic E-state index is 13.3. The number of hydrogen-bond acceptors (Lipinski definition) is 4. The van der Waals surface area contributed by atoms with Gasteiger partial charge in [-0.2, -0.15) is 10.4 Å². The summed E-state index contributed by atoms with van der Waals surface area (Å²) in [4.78, 5) is 0. The molecule has 6 heteroatoms. The van der Waals surface area contributed by atoms with Crippen molar-refractivity contribution in [1.82, 2.24) is 9.78 Å². The number of furan rings is 1. The highest BCUT2D eigenvalue weighted by atomic mass is 19.1. The number of nitriles is 1. The molecule has 2 aromatic heterocycles. The Hall–Kier alpha value is -3.07. The van der Waals surface area contributed by atoms with Crippen LogP contribution in [0.25, 0.3) is 17.1 Å². The Morgan fingerprint density at radius 1 is 1.30 bits per heavy atom. The van der Waals surface area contributed by atoms with E-state index in [0.29, 0.717) is 17.1 Å². The lowest BCUT2D eigenvalue weighted by atomic mass is 10.2. The number of rotatable bonds is 2. The third-order valence-corrected chi connectivity index (χ3v) is 2.84. The lowest BCUT2D eigenvalue weighted by Gasteiger charge is -2.03. The number of nitrogens with zero attached hydrogens (tertiary/aromatic N) is 3. The summed E-state index contributed by atoms with van der Waals surface area (Å²) in [5, 5.41) is 13.5. The first kappa shape index (κ1) is 12.0. The van der Waals surface area contributed by atoms with E-state index in [4.69, 9.17) is 10.2 Å². The summed E-state index contributed by atoms with van der Waals surface area (Å²) in [5.74, 6) is 0.170. The Labute approximate surface area is 113 Å². The number of hydrogen-bond donors (Lipinski definition) is 1. The van der Waals surface area contributed by atoms with Crippen LogP contribution in [0.2, 0.25) is 0 Å². The molecule has 0 fully saturated rings. The molecule has 0 unspecified atom stereocenters. The van der Waals surface area contributed by atoms with Crippen LogP contribution in [0.5, 0.6) is 0 Å². The summed E-state index contributed by atoms with van der Waals surface area (Å²) in [7, 11) is 0. The molecule has 0 amide bonds. The van der Waals surface area contributed by atoms with E-state index in [1.807, 2.05) is 6.07 Å². The number of aromatic nitrogens is 2. The van der Waals surface area contributed by atoms with Crippen LogP contribution in [0, 0.1) is 17.1 Å². The van der Waals surface area contributed by atoms with Gasteiger partial charge in [0.1, 0.15) is 29.0 Å². The standard InChI is InChI=1S/C14H9FN4O/c15-9-3-1-4-10(7-9)19-14(17)11(8-16)13(18-19)12-5-2-6-20-12/h1-7H,17H2. The molecule has 0 aliphatic rings. The smallest absolute Gasteiger partial charge is 0.155 e. The van der Waals surface area contributed by atoms with Crippen molar-refractivity contribution >= 4 is 5.82 Å². The number of halogens is 1. The van der Waals surface area contributed by atoms with Crippen LogP contribution >= 0.6 is 0 Å². The largest absolute Gasteiger partial charge is 0.463 e. The number of nitrogen functional groups attached to an aromatic ring is 1. The summed E-state index contributed by atoms with van der Waals surface area (Å²) >= 11 is 0. The molecule has 0 aliphatic carbocycles. The van der Waals surface area contributed by atoms with E-state index >= 15 is 0 Å². The second-order valence-electron chi connectivity index (χ2n) is 4.09. The number of benzene rings is 1. The second kappa shape index (κ2) is 4.55. The van der Waals surface area contributed by atoms with Crippen LogP contribution in [-0.2, 0) is 0 Å². The average Bonchev–Trinajstić information content (AvgIpc) is 3.05. The van der Waals surface area contributed by atoms with E-state index in [0.717, 1.165) is 0 Å². The predicted octanol–water partition coefficient (Wildman–Crippen LogP) is 2.73. The Bertz CT molecular complexity index is 799. The normalized spacial score (nSPS) is 10.4. The molecule has 0 radical (unpaired) electrons. The van der Waals surface area contributed by atoms with E-state index in [-0.39, 0.29) is 11.4 Å². The zero-order valence-electron chi connectivity index (χ0n) is 10.2. The first-order chi connectivity index (χ1) is 9.70. The fraction of sp³-hybridized carbons (Fsp3) is 0. The quantitative estimate of drug-likeness (QED) is 0.774. The third-order valence-electron chi connectivity index (χ3n) is 2.84. The molecule has 2 heterocycles. The van der Waals surface area contributed by atoms with Gasteiger partial charge in [-0.15, -0.1) is 0 Å². The summed E-state index contributed by atoms with van der Waals surface area (Å²) in [6, 6.07) is 11.2.